The van der Waals surface area contributed by atoms with Crippen LogP contribution in [0.3, 0.4) is 0 Å². The second-order valence-corrected chi connectivity index (χ2v) is 7.21. The third kappa shape index (κ3) is 5.45. The van der Waals surface area contributed by atoms with E-state index in [0.717, 1.165) is 45.5 Å². The zero-order valence-corrected chi connectivity index (χ0v) is 18.6. The molecule has 0 aliphatic rings. The van der Waals surface area contributed by atoms with E-state index in [2.05, 4.69) is 31.7 Å². The maximum absolute atomic E-state index is 6.92. The molecule has 5 heteroatoms. The number of hydrogen-bond acceptors (Lipinski definition) is 5. The molecule has 162 valence electrons. The van der Waals surface area contributed by atoms with E-state index in [1.54, 1.807) is 19.3 Å². The lowest BCUT2D eigenvalue weighted by molar-refractivity contribution is 0.412. The Labute approximate surface area is 185 Å². The Morgan fingerprint density at radius 2 is 1.81 bits per heavy atom. The molecule has 0 radical (unpaired) electrons. The molecule has 5 nitrogen and oxygen atoms in total. The predicted octanol–water partition coefficient (Wildman–Crippen LogP) is 5.03. The van der Waals surface area contributed by atoms with Gasteiger partial charge < -0.3 is 21.6 Å². The van der Waals surface area contributed by atoms with Crippen molar-refractivity contribution in [1.82, 2.24) is 4.98 Å². The number of benzene rings is 2. The number of nitrogens with two attached hydrogens (primary N) is 2. The van der Waals surface area contributed by atoms with Gasteiger partial charge in [0.25, 0.3) is 0 Å². The highest BCUT2D eigenvalue weighted by molar-refractivity contribution is 5.88. The molecule has 1 atom stereocenters. The predicted molar refractivity (Wildman–Crippen MR) is 132 cm³/mol. The minimum Gasteiger partial charge on any atom is -0.494 e. The van der Waals surface area contributed by atoms with Crippen molar-refractivity contribution in [3.63, 3.8) is 0 Å². The molecular weight excluding hydrogens is 384 g/mol. The molecule has 0 saturated heterocycles. The molecule has 0 aliphatic carbocycles. The molecular formula is C26H32N4O. The summed E-state index contributed by atoms with van der Waals surface area (Å²) in [7, 11) is 1.70. The maximum atomic E-state index is 6.92. The lowest BCUT2D eigenvalue weighted by Crippen LogP contribution is -2.47. The van der Waals surface area contributed by atoms with Crippen LogP contribution in [-0.2, 0) is 0 Å². The maximum Gasteiger partial charge on any atom is 0.148 e. The molecule has 0 fully saturated rings. The van der Waals surface area contributed by atoms with Crippen molar-refractivity contribution in [2.24, 2.45) is 11.5 Å². The van der Waals surface area contributed by atoms with Gasteiger partial charge in [-0.2, -0.15) is 0 Å². The summed E-state index contributed by atoms with van der Waals surface area (Å²) in [5, 5.41) is 8.06. The Kier molecular flexibility index (Phi) is 8.67. The molecule has 3 aromatic rings. The van der Waals surface area contributed by atoms with Crippen LogP contribution in [0.2, 0.25) is 0 Å². The molecule has 0 saturated carbocycles. The molecule has 31 heavy (non-hydrogen) atoms. The topological polar surface area (TPSA) is 98.0 Å². The molecule has 0 bridgehead atoms. The first-order valence-corrected chi connectivity index (χ1v) is 10.3. The summed E-state index contributed by atoms with van der Waals surface area (Å²) in [6.07, 6.45) is 5.23. The zero-order valence-electron chi connectivity index (χ0n) is 18.6. The second-order valence-electron chi connectivity index (χ2n) is 7.21. The number of allylic oxidation sites excluding steroid dienone is 1. The monoisotopic (exact) mass is 416 g/mol. The minimum absolute atomic E-state index is 0.370. The zero-order chi connectivity index (χ0) is 22.9. The molecule has 0 spiro atoms. The van der Waals surface area contributed by atoms with E-state index in [1.165, 1.54) is 6.21 Å². The van der Waals surface area contributed by atoms with Gasteiger partial charge in [-0.05, 0) is 31.1 Å². The highest BCUT2D eigenvalue weighted by Crippen LogP contribution is 2.35. The van der Waals surface area contributed by atoms with Gasteiger partial charge in [0.15, 0.2) is 0 Å². The Morgan fingerprint density at radius 1 is 1.16 bits per heavy atom. The van der Waals surface area contributed by atoms with Gasteiger partial charge in [-0.3, -0.25) is 0 Å². The summed E-state index contributed by atoms with van der Waals surface area (Å²) >= 11 is 0. The molecule has 0 amide bonds. The first kappa shape index (κ1) is 24.0. The highest BCUT2D eigenvalue weighted by atomic mass is 16.5. The van der Waals surface area contributed by atoms with Gasteiger partial charge in [0, 0.05) is 29.3 Å². The number of pyridine rings is 1. The van der Waals surface area contributed by atoms with Crippen LogP contribution in [0.25, 0.3) is 22.2 Å². The molecule has 2 aromatic carbocycles. The van der Waals surface area contributed by atoms with E-state index in [1.807, 2.05) is 43.3 Å². The largest absolute Gasteiger partial charge is 0.494 e. The third-order valence-corrected chi connectivity index (χ3v) is 5.40. The van der Waals surface area contributed by atoms with Crippen LogP contribution in [0.4, 0.5) is 0 Å². The molecule has 1 aromatic heterocycles. The number of hydrogen-bond donors (Lipinski definition) is 3. The quantitative estimate of drug-likeness (QED) is 0.371. The molecule has 0 aliphatic heterocycles. The van der Waals surface area contributed by atoms with Crippen molar-refractivity contribution in [2.75, 3.05) is 13.7 Å². The first-order chi connectivity index (χ1) is 14.9. The SMILES string of the molecule is C=C/C(=C\C=N)C(N)(CC)CN.COc1c(-c2ccccc2)nc2ccccc2c1C. The van der Waals surface area contributed by atoms with Crippen LogP contribution in [0.1, 0.15) is 18.9 Å². The van der Waals surface area contributed by atoms with Gasteiger partial charge in [-0.1, -0.05) is 68.1 Å². The summed E-state index contributed by atoms with van der Waals surface area (Å²) in [5.41, 5.74) is 15.9. The summed E-state index contributed by atoms with van der Waals surface area (Å²) in [6, 6.07) is 18.3. The number of fused-ring (bicyclic) bond motifs is 1. The summed E-state index contributed by atoms with van der Waals surface area (Å²) < 4.78 is 5.58. The fourth-order valence-corrected chi connectivity index (χ4v) is 3.39. The average Bonchev–Trinajstić information content (AvgIpc) is 2.83. The molecule has 3 rings (SSSR count). The summed E-state index contributed by atoms with van der Waals surface area (Å²) in [4.78, 5) is 4.75. The highest BCUT2D eigenvalue weighted by Gasteiger charge is 2.23. The number of aromatic nitrogens is 1. The van der Waals surface area contributed by atoms with E-state index in [-0.39, 0.29) is 0 Å². The number of nitrogens with one attached hydrogen (secondary N) is 1. The van der Waals surface area contributed by atoms with Crippen LogP contribution in [0.5, 0.6) is 5.75 Å². The lowest BCUT2D eigenvalue weighted by Gasteiger charge is -2.27. The minimum atomic E-state index is -0.528. The number of methoxy groups -OCH3 is 1. The van der Waals surface area contributed by atoms with Gasteiger partial charge in [0.1, 0.15) is 11.4 Å². The van der Waals surface area contributed by atoms with Gasteiger partial charge in [-0.25, -0.2) is 4.98 Å². The van der Waals surface area contributed by atoms with Gasteiger partial charge in [0.2, 0.25) is 0 Å². The van der Waals surface area contributed by atoms with Gasteiger partial charge in [-0.15, -0.1) is 0 Å². The van der Waals surface area contributed by atoms with E-state index in [4.69, 9.17) is 26.6 Å². The summed E-state index contributed by atoms with van der Waals surface area (Å²) in [6.45, 7) is 8.05. The number of aryl methyl sites for hydroxylation is 1. The van der Waals surface area contributed by atoms with E-state index >= 15 is 0 Å². The third-order valence-electron chi connectivity index (χ3n) is 5.40. The number of nitrogens with zero attached hydrogens (tertiary/aromatic N) is 1. The van der Waals surface area contributed by atoms with Crippen LogP contribution >= 0.6 is 0 Å². The van der Waals surface area contributed by atoms with Crippen molar-refractivity contribution in [3.05, 3.63) is 84.5 Å². The fourth-order valence-electron chi connectivity index (χ4n) is 3.39. The number of ether oxygens (including phenoxy) is 1. The van der Waals surface area contributed by atoms with Crippen molar-refractivity contribution >= 4 is 17.1 Å². The van der Waals surface area contributed by atoms with Gasteiger partial charge >= 0.3 is 0 Å². The Hall–Kier alpha value is -3.28. The standard InChI is InChI=1S/C17H15NO.C9H17N3/c1-12-14-10-6-7-11-15(14)18-16(17(12)19-2)13-8-4-3-5-9-13;1-3-8(5-6-10)9(12,4-2)7-11/h3-11H,1-2H3;3,5-6,10H,1,4,7,11-12H2,2H3/b;8-5+,10-6?. The van der Waals surface area contributed by atoms with Crippen LogP contribution in [0.15, 0.2) is 78.9 Å². The van der Waals surface area contributed by atoms with Crippen LogP contribution < -0.4 is 16.2 Å². The van der Waals surface area contributed by atoms with Crippen molar-refractivity contribution in [3.8, 4) is 17.0 Å². The smallest absolute Gasteiger partial charge is 0.148 e. The Morgan fingerprint density at radius 3 is 2.35 bits per heavy atom. The molecule has 1 heterocycles. The normalized spacial score (nSPS) is 13.0. The van der Waals surface area contributed by atoms with Crippen molar-refractivity contribution in [1.29, 1.82) is 5.41 Å². The van der Waals surface area contributed by atoms with Gasteiger partial charge in [0.05, 0.1) is 18.2 Å². The first-order valence-electron chi connectivity index (χ1n) is 10.3. The Balaban J connectivity index is 0.000000248. The van der Waals surface area contributed by atoms with E-state index in [0.29, 0.717) is 6.54 Å². The average molecular weight is 417 g/mol. The van der Waals surface area contributed by atoms with E-state index < -0.39 is 5.54 Å². The van der Waals surface area contributed by atoms with Crippen molar-refractivity contribution in [2.45, 2.75) is 25.8 Å². The lowest BCUT2D eigenvalue weighted by atomic mass is 9.88. The second kappa shape index (κ2) is 11.2. The van der Waals surface area contributed by atoms with Crippen LogP contribution in [-0.4, -0.2) is 30.4 Å². The number of para-hydroxylation sites is 1. The van der Waals surface area contributed by atoms with Crippen LogP contribution in [0, 0.1) is 12.3 Å². The fraction of sp³-hybridized carbons (Fsp3) is 0.231. The molecule has 5 N–H and O–H groups in total. The van der Waals surface area contributed by atoms with Crippen molar-refractivity contribution < 1.29 is 4.74 Å². The van der Waals surface area contributed by atoms with E-state index in [9.17, 15) is 0 Å². The molecule has 1 unspecified atom stereocenters. The Bertz CT molecular complexity index is 1050. The number of rotatable bonds is 7. The summed E-state index contributed by atoms with van der Waals surface area (Å²) in [5.74, 6) is 0.852.